The number of H-pyrrole nitrogens is 2. The minimum absolute atomic E-state index is 0.125. The molecule has 2 aliphatic rings. The van der Waals surface area contributed by atoms with E-state index in [4.69, 9.17) is 9.97 Å². The predicted molar refractivity (Wildman–Crippen MR) is 393 cm³/mol. The maximum Gasteiger partial charge on any atom is 0.0737 e. The van der Waals surface area contributed by atoms with Crippen molar-refractivity contribution in [2.75, 3.05) is 0 Å². The van der Waals surface area contributed by atoms with Crippen molar-refractivity contribution in [3.63, 3.8) is 0 Å². The highest BCUT2D eigenvalue weighted by Crippen LogP contribution is 2.48. The fourth-order valence-electron chi connectivity index (χ4n) is 12.6. The summed E-state index contributed by atoms with van der Waals surface area (Å²) in [6, 6.07) is 45.3. The molecule has 0 aliphatic carbocycles. The molecule has 2 aliphatic heterocycles. The van der Waals surface area contributed by atoms with E-state index in [1.807, 2.05) is 0 Å². The Morgan fingerprint density at radius 1 is 0.270 bits per heavy atom. The van der Waals surface area contributed by atoms with Crippen molar-refractivity contribution in [1.29, 1.82) is 0 Å². The molecule has 2 N–H and O–H groups in total. The quantitative estimate of drug-likeness (QED) is 0.184. The molecule has 8 bridgehead atoms. The molecule has 0 spiro atoms. The standard InChI is InChI=1S/C84H97BrN4/c1-77(2,3)54-33-50(34-55(44-54)78(4,5)6)71-65-27-28-66(86-65)72(51-35-56(79(7,8)9)45-57(36-51)80(10,11)12)68-30-32-70(88-68)74(53-39-60(83(19,20)21)47-61(40-53)84(22,23)24)76-64-43-49-41-62(85)26-25-48(49)42-63(64)75(89-76)73(69-31-29-67(71)87-69)52-37-58(81(13,14)15)46-59(38-52)82(16,17)18/h25-47,86,89H,1-24H3. The number of hydrogen-bond donors (Lipinski definition) is 2. The first-order valence-corrected chi connectivity index (χ1v) is 33.2. The highest BCUT2D eigenvalue weighted by Gasteiger charge is 2.30. The van der Waals surface area contributed by atoms with Gasteiger partial charge in [0.15, 0.2) is 0 Å². The van der Waals surface area contributed by atoms with Crippen molar-refractivity contribution >= 4 is 83.8 Å². The molecule has 0 atom stereocenters. The lowest BCUT2D eigenvalue weighted by molar-refractivity contribution is 0.568. The third-order valence-corrected chi connectivity index (χ3v) is 19.1. The van der Waals surface area contributed by atoms with E-state index in [0.29, 0.717) is 0 Å². The molecule has 0 radical (unpaired) electrons. The van der Waals surface area contributed by atoms with Gasteiger partial charge < -0.3 is 9.97 Å². The summed E-state index contributed by atoms with van der Waals surface area (Å²) in [5, 5.41) is 4.55. The molecule has 0 saturated carbocycles. The van der Waals surface area contributed by atoms with Crippen LogP contribution in [0, 0.1) is 0 Å². The van der Waals surface area contributed by atoms with Gasteiger partial charge in [0.2, 0.25) is 0 Å². The van der Waals surface area contributed by atoms with Crippen LogP contribution in [0.5, 0.6) is 0 Å². The zero-order chi connectivity index (χ0) is 64.8. The molecule has 89 heavy (non-hydrogen) atoms. The Balaban J connectivity index is 1.47. The Kier molecular flexibility index (Phi) is 15.4. The van der Waals surface area contributed by atoms with Crippen molar-refractivity contribution in [2.24, 2.45) is 0 Å². The maximum absolute atomic E-state index is 6.05. The molecule has 9 aromatic rings. The van der Waals surface area contributed by atoms with Gasteiger partial charge in [-0.3, -0.25) is 0 Å². The molecular weight excluding hydrogens is 1140 g/mol. The number of halogens is 1. The summed E-state index contributed by atoms with van der Waals surface area (Å²) in [6.45, 7) is 56.0. The number of nitrogens with zero attached hydrogens (tertiary/aromatic N) is 2. The Labute approximate surface area is 541 Å². The average molecular weight is 1240 g/mol. The fraction of sp³-hybridized carbons (Fsp3) is 0.381. The SMILES string of the molecule is CC(C)(C)c1cc(-c2c3nc(c(-c4cc(C(C)(C)C)cc(C(C)(C)C)c4)c4[nH]c(c(-c5cc(C(C)(C)C)cc(C(C)(C)C)c5)c5nc(c(-c6cc(C(C)(C)C)cc(C(C)(C)C)c6)c6ccc2[nH]6)C=C5)c2cc5cc(Br)ccc5cc42)C=C3)cc(C(C)(C)C)c1. The molecule has 5 heteroatoms. The van der Waals surface area contributed by atoms with Crippen molar-refractivity contribution in [3.8, 4) is 44.5 Å². The zero-order valence-corrected chi connectivity index (χ0v) is 59.6. The van der Waals surface area contributed by atoms with E-state index < -0.39 is 0 Å². The third kappa shape index (κ3) is 12.5. The van der Waals surface area contributed by atoms with Gasteiger partial charge in [0.25, 0.3) is 0 Å². The van der Waals surface area contributed by atoms with Crippen molar-refractivity contribution in [2.45, 2.75) is 209 Å². The molecular formula is C84H97BrN4. The molecule has 0 fully saturated rings. The van der Waals surface area contributed by atoms with Crippen LogP contribution in [0.25, 0.3) is 112 Å². The van der Waals surface area contributed by atoms with Gasteiger partial charge in [0.1, 0.15) is 0 Å². The highest BCUT2D eigenvalue weighted by molar-refractivity contribution is 9.10. The summed E-state index contributed by atoms with van der Waals surface area (Å²) in [6.07, 6.45) is 9.14. The van der Waals surface area contributed by atoms with Gasteiger partial charge in [-0.25, -0.2) is 9.97 Å². The average Bonchev–Trinajstić information content (AvgIpc) is 1.61. The summed E-state index contributed by atoms with van der Waals surface area (Å²) in [5.41, 5.74) is 25.5. The van der Waals surface area contributed by atoms with Gasteiger partial charge in [0, 0.05) is 48.5 Å². The zero-order valence-electron chi connectivity index (χ0n) is 58.1. The van der Waals surface area contributed by atoms with Crippen molar-refractivity contribution < 1.29 is 0 Å². The Hall–Kier alpha value is -7.08. The maximum atomic E-state index is 6.05. The van der Waals surface area contributed by atoms with Crippen molar-refractivity contribution in [3.05, 3.63) is 187 Å². The lowest BCUT2D eigenvalue weighted by atomic mass is 9.78. The second kappa shape index (κ2) is 21.5. The largest absolute Gasteiger partial charge is 0.354 e. The number of hydrogen-bond acceptors (Lipinski definition) is 2. The summed E-state index contributed by atoms with van der Waals surface area (Å²) >= 11 is 3.90. The van der Waals surface area contributed by atoms with E-state index in [1.165, 1.54) is 44.5 Å². The van der Waals surface area contributed by atoms with Crippen LogP contribution in [0.3, 0.4) is 0 Å². The van der Waals surface area contributed by atoms with Gasteiger partial charge in [-0.2, -0.15) is 0 Å². The first kappa shape index (κ1) is 63.5. The summed E-state index contributed by atoms with van der Waals surface area (Å²) in [7, 11) is 0. The Morgan fingerprint density at radius 3 is 0.809 bits per heavy atom. The first-order valence-electron chi connectivity index (χ1n) is 32.4. The van der Waals surface area contributed by atoms with Gasteiger partial charge in [-0.15, -0.1) is 0 Å². The van der Waals surface area contributed by atoms with Gasteiger partial charge in [-0.05, 0) is 182 Å². The molecule has 4 nitrogen and oxygen atoms in total. The second-order valence-corrected chi connectivity index (χ2v) is 35.1. The molecule has 11 rings (SSSR count). The lowest BCUT2D eigenvalue weighted by Gasteiger charge is -2.26. The number of aromatic amines is 2. The van der Waals surface area contributed by atoms with E-state index >= 15 is 0 Å². The molecule has 3 aromatic heterocycles. The molecule has 6 aromatic carbocycles. The van der Waals surface area contributed by atoms with Crippen LogP contribution in [0.2, 0.25) is 0 Å². The number of benzene rings is 6. The topological polar surface area (TPSA) is 57.4 Å². The van der Waals surface area contributed by atoms with Crippen LogP contribution >= 0.6 is 15.9 Å². The van der Waals surface area contributed by atoms with Crippen LogP contribution < -0.4 is 0 Å². The van der Waals surface area contributed by atoms with E-state index in [1.54, 1.807) is 0 Å². The van der Waals surface area contributed by atoms with E-state index in [-0.39, 0.29) is 43.3 Å². The van der Waals surface area contributed by atoms with Crippen LogP contribution in [-0.2, 0) is 43.3 Å². The van der Waals surface area contributed by atoms with Gasteiger partial charge in [-0.1, -0.05) is 261 Å². The van der Waals surface area contributed by atoms with Crippen LogP contribution in [0.15, 0.2) is 120 Å². The van der Waals surface area contributed by atoms with Gasteiger partial charge >= 0.3 is 0 Å². The monoisotopic (exact) mass is 1240 g/mol. The van der Waals surface area contributed by atoms with E-state index in [0.717, 1.165) is 115 Å². The molecule has 460 valence electrons. The Morgan fingerprint density at radius 2 is 0.528 bits per heavy atom. The minimum Gasteiger partial charge on any atom is -0.354 e. The molecule has 0 unspecified atom stereocenters. The smallest absolute Gasteiger partial charge is 0.0737 e. The number of rotatable bonds is 4. The normalized spacial score (nSPS) is 13.8. The Bertz CT molecular complexity index is 4470. The second-order valence-electron chi connectivity index (χ2n) is 34.2. The third-order valence-electron chi connectivity index (χ3n) is 18.6. The summed E-state index contributed by atoms with van der Waals surface area (Å²) in [4.78, 5) is 20.7. The molecule has 5 heterocycles. The first-order chi connectivity index (χ1) is 41.0. The highest BCUT2D eigenvalue weighted by atomic mass is 79.9. The van der Waals surface area contributed by atoms with Crippen LogP contribution in [0.1, 0.15) is 233 Å². The number of nitrogens with one attached hydrogen (secondary N) is 2. The number of aromatic nitrogens is 4. The summed E-state index contributed by atoms with van der Waals surface area (Å²) < 4.78 is 1.04. The van der Waals surface area contributed by atoms with E-state index in [2.05, 4.69) is 332 Å². The summed E-state index contributed by atoms with van der Waals surface area (Å²) in [5.74, 6) is 0. The van der Waals surface area contributed by atoms with Crippen molar-refractivity contribution in [1.82, 2.24) is 19.9 Å². The number of fused-ring (bicyclic) bond motifs is 12. The van der Waals surface area contributed by atoms with E-state index in [9.17, 15) is 0 Å². The lowest BCUT2D eigenvalue weighted by Crippen LogP contribution is -2.16. The van der Waals surface area contributed by atoms with Crippen LogP contribution in [-0.4, -0.2) is 19.9 Å². The molecule has 0 saturated heterocycles. The minimum atomic E-state index is -0.150. The fourth-order valence-corrected chi connectivity index (χ4v) is 13.0. The molecule has 0 amide bonds. The predicted octanol–water partition coefficient (Wildman–Crippen LogP) is 24.8. The van der Waals surface area contributed by atoms with Gasteiger partial charge in [0.05, 0.1) is 33.8 Å². The van der Waals surface area contributed by atoms with Crippen LogP contribution in [0.4, 0.5) is 0 Å².